The molecule has 0 unspecified atom stereocenters. The van der Waals surface area contributed by atoms with Gasteiger partial charge >= 0.3 is 0 Å². The topological polar surface area (TPSA) is 26.0 Å². The first kappa shape index (κ1) is 23.0. The Kier molecular flexibility index (Phi) is 5.33. The minimum atomic E-state index is 0.0126. The van der Waals surface area contributed by atoms with E-state index < -0.39 is 0 Å². The normalized spacial score (nSPS) is 14.2. The lowest BCUT2D eigenvalue weighted by Crippen LogP contribution is -2.29. The maximum atomic E-state index is 6.74. The van der Waals surface area contributed by atoms with Crippen molar-refractivity contribution < 1.29 is 4.42 Å². The molecule has 1 aliphatic rings. The molecule has 182 valence electrons. The van der Waals surface area contributed by atoms with Crippen LogP contribution >= 0.6 is 0 Å². The molecule has 0 fully saturated rings. The lowest BCUT2D eigenvalue weighted by molar-refractivity contribution is 0.337. The summed E-state index contributed by atoms with van der Waals surface area (Å²) in [7, 11) is 0. The molecule has 3 aromatic carbocycles. The van der Waals surface area contributed by atoms with Gasteiger partial charge in [0.2, 0.25) is 0 Å². The first-order valence-electron chi connectivity index (χ1n) is 13.3. The van der Waals surface area contributed by atoms with Gasteiger partial charge in [0, 0.05) is 27.9 Å². The Hall–Kier alpha value is -3.39. The number of aryl methyl sites for hydroxylation is 2. The summed E-state index contributed by atoms with van der Waals surface area (Å²) in [6, 6.07) is 22.5. The second-order valence-electron chi connectivity index (χ2n) is 11.7. The summed E-state index contributed by atoms with van der Waals surface area (Å²) in [6.45, 7) is 13.6. The van der Waals surface area contributed by atoms with E-state index in [9.17, 15) is 0 Å². The van der Waals surface area contributed by atoms with E-state index in [0.29, 0.717) is 11.8 Å². The second kappa shape index (κ2) is 8.34. The van der Waals surface area contributed by atoms with Crippen LogP contribution in [0.1, 0.15) is 62.8 Å². The van der Waals surface area contributed by atoms with Crippen molar-refractivity contribution in [3.63, 3.8) is 0 Å². The van der Waals surface area contributed by atoms with Gasteiger partial charge in [-0.25, -0.2) is 0 Å². The highest BCUT2D eigenvalue weighted by Crippen LogP contribution is 2.56. The quantitative estimate of drug-likeness (QED) is 0.254. The van der Waals surface area contributed by atoms with Gasteiger partial charge in [0.25, 0.3) is 0 Å². The van der Waals surface area contributed by atoms with Gasteiger partial charge in [0.1, 0.15) is 11.2 Å². The maximum Gasteiger partial charge on any atom is 0.145 e. The number of fused-ring (bicyclic) bond motifs is 6. The van der Waals surface area contributed by atoms with Gasteiger partial charge in [0.05, 0.1) is 5.69 Å². The van der Waals surface area contributed by atoms with E-state index in [1.54, 1.807) is 0 Å². The van der Waals surface area contributed by atoms with Crippen LogP contribution in [0.5, 0.6) is 0 Å². The number of hydrogen-bond donors (Lipinski definition) is 0. The van der Waals surface area contributed by atoms with Crippen LogP contribution in [0, 0.1) is 25.7 Å². The Bertz CT molecular complexity index is 1590. The SMILES string of the molecule is Cc1ccc(-c2c(C)ccc3c2oc2cc4c(cc23)-c2ccccc2C4(CC(C)C)CC(C)C)nc1. The number of benzene rings is 3. The number of rotatable bonds is 5. The standard InChI is InChI=1S/C34H35NO/c1-20(2)17-34(18-21(3)4)28-10-8-7-9-24(28)26-15-27-25-13-12-23(6)32(30-14-11-22(5)19-35-30)33(25)36-31(27)16-29(26)34/h7-16,19-21H,17-18H2,1-6H3. The zero-order chi connectivity index (χ0) is 25.2. The summed E-state index contributed by atoms with van der Waals surface area (Å²) >= 11 is 0. The first-order valence-corrected chi connectivity index (χ1v) is 13.3. The molecule has 2 heterocycles. The fraction of sp³-hybridized carbons (Fsp3) is 0.324. The van der Waals surface area contributed by atoms with Crippen molar-refractivity contribution in [1.29, 1.82) is 0 Å². The lowest BCUT2D eigenvalue weighted by Gasteiger charge is -2.35. The fourth-order valence-electron chi connectivity index (χ4n) is 6.73. The van der Waals surface area contributed by atoms with Crippen LogP contribution in [0.3, 0.4) is 0 Å². The molecule has 0 amide bonds. The van der Waals surface area contributed by atoms with Crippen LogP contribution in [0.4, 0.5) is 0 Å². The molecule has 6 rings (SSSR count). The highest BCUT2D eigenvalue weighted by atomic mass is 16.3. The molecule has 0 saturated heterocycles. The molecule has 5 aromatic rings. The molecule has 0 N–H and O–H groups in total. The van der Waals surface area contributed by atoms with Crippen LogP contribution in [-0.2, 0) is 5.41 Å². The summed E-state index contributed by atoms with van der Waals surface area (Å²) in [6.07, 6.45) is 4.21. The van der Waals surface area contributed by atoms with Gasteiger partial charge in [-0.3, -0.25) is 4.98 Å². The van der Waals surface area contributed by atoms with Gasteiger partial charge in [-0.2, -0.15) is 0 Å². The monoisotopic (exact) mass is 473 g/mol. The lowest BCUT2D eigenvalue weighted by atomic mass is 9.68. The van der Waals surface area contributed by atoms with E-state index >= 15 is 0 Å². The highest BCUT2D eigenvalue weighted by molar-refractivity contribution is 6.11. The second-order valence-corrected chi connectivity index (χ2v) is 11.7. The third-order valence-corrected chi connectivity index (χ3v) is 7.92. The summed E-state index contributed by atoms with van der Waals surface area (Å²) in [5.74, 6) is 1.19. The Morgan fingerprint density at radius 3 is 2.22 bits per heavy atom. The number of hydrogen-bond acceptors (Lipinski definition) is 2. The van der Waals surface area contributed by atoms with Crippen molar-refractivity contribution in [3.8, 4) is 22.4 Å². The van der Waals surface area contributed by atoms with E-state index in [1.807, 2.05) is 6.20 Å². The molecular formula is C34H35NO. The van der Waals surface area contributed by atoms with Crippen molar-refractivity contribution >= 4 is 21.9 Å². The molecular weight excluding hydrogens is 438 g/mol. The van der Waals surface area contributed by atoms with E-state index in [-0.39, 0.29) is 5.41 Å². The first-order chi connectivity index (χ1) is 17.3. The van der Waals surface area contributed by atoms with Crippen LogP contribution in [0.25, 0.3) is 44.3 Å². The van der Waals surface area contributed by atoms with E-state index in [4.69, 9.17) is 9.40 Å². The van der Waals surface area contributed by atoms with Crippen LogP contribution in [0.2, 0.25) is 0 Å². The van der Waals surface area contributed by atoms with Crippen molar-refractivity contribution in [3.05, 3.63) is 89.1 Å². The van der Waals surface area contributed by atoms with Crippen molar-refractivity contribution in [2.75, 3.05) is 0 Å². The number of aromatic nitrogens is 1. The molecule has 1 aliphatic carbocycles. The van der Waals surface area contributed by atoms with E-state index in [2.05, 4.69) is 102 Å². The molecule has 0 atom stereocenters. The molecule has 2 heteroatoms. The zero-order valence-corrected chi connectivity index (χ0v) is 22.3. The summed E-state index contributed by atoms with van der Waals surface area (Å²) in [4.78, 5) is 4.75. The maximum absolute atomic E-state index is 6.74. The molecule has 0 spiro atoms. The largest absolute Gasteiger partial charge is 0.455 e. The molecule has 2 nitrogen and oxygen atoms in total. The predicted molar refractivity (Wildman–Crippen MR) is 152 cm³/mol. The Balaban J connectivity index is 1.66. The van der Waals surface area contributed by atoms with Gasteiger partial charge in [0.15, 0.2) is 0 Å². The summed E-state index contributed by atoms with van der Waals surface area (Å²) in [5.41, 5.74) is 12.0. The van der Waals surface area contributed by atoms with E-state index in [1.165, 1.54) is 38.6 Å². The van der Waals surface area contributed by atoms with Crippen molar-refractivity contribution in [1.82, 2.24) is 4.98 Å². The van der Waals surface area contributed by atoms with Crippen LogP contribution < -0.4 is 0 Å². The fourth-order valence-corrected chi connectivity index (χ4v) is 6.73. The minimum Gasteiger partial charge on any atom is -0.455 e. The van der Waals surface area contributed by atoms with Gasteiger partial charge < -0.3 is 4.42 Å². The average molecular weight is 474 g/mol. The molecule has 0 bridgehead atoms. The Labute approximate surface area is 214 Å². The van der Waals surface area contributed by atoms with Gasteiger partial charge in [-0.05, 0) is 90.1 Å². The minimum absolute atomic E-state index is 0.0126. The van der Waals surface area contributed by atoms with Crippen molar-refractivity contribution in [2.24, 2.45) is 11.8 Å². The molecule has 0 aliphatic heterocycles. The van der Waals surface area contributed by atoms with Gasteiger partial charge in [-0.15, -0.1) is 0 Å². The Morgan fingerprint density at radius 1 is 0.778 bits per heavy atom. The third-order valence-electron chi connectivity index (χ3n) is 7.92. The number of pyridine rings is 1. The average Bonchev–Trinajstić information content (AvgIpc) is 3.31. The molecule has 0 radical (unpaired) electrons. The number of furan rings is 1. The Morgan fingerprint density at radius 2 is 1.53 bits per heavy atom. The molecule has 0 saturated carbocycles. The summed E-state index contributed by atoms with van der Waals surface area (Å²) in [5, 5.41) is 2.36. The molecule has 2 aromatic heterocycles. The van der Waals surface area contributed by atoms with E-state index in [0.717, 1.165) is 40.8 Å². The van der Waals surface area contributed by atoms with Crippen LogP contribution in [-0.4, -0.2) is 4.98 Å². The highest BCUT2D eigenvalue weighted by Gasteiger charge is 2.44. The summed E-state index contributed by atoms with van der Waals surface area (Å²) < 4.78 is 6.74. The van der Waals surface area contributed by atoms with Gasteiger partial charge in [-0.1, -0.05) is 70.2 Å². The van der Waals surface area contributed by atoms with Crippen LogP contribution in [0.15, 0.2) is 71.3 Å². The smallest absolute Gasteiger partial charge is 0.145 e. The van der Waals surface area contributed by atoms with Crippen molar-refractivity contribution in [2.45, 2.75) is 59.8 Å². The predicted octanol–water partition coefficient (Wildman–Crippen LogP) is 9.62. The molecule has 36 heavy (non-hydrogen) atoms. The zero-order valence-electron chi connectivity index (χ0n) is 22.3. The third kappa shape index (κ3) is 3.42. The number of nitrogens with zero attached hydrogens (tertiary/aromatic N) is 1.